The number of carbonyl (C=O) groups is 1. The second kappa shape index (κ2) is 9.08. The van der Waals surface area contributed by atoms with Gasteiger partial charge in [-0.3, -0.25) is 0 Å². The molecule has 5 nitrogen and oxygen atoms in total. The molecule has 84 valence electrons. The SMILES string of the molecule is COCCOCOC[C@@H](C)[C@@H](O)C=O. The molecule has 0 amide bonds. The summed E-state index contributed by atoms with van der Waals surface area (Å²) in [5, 5.41) is 9.06. The van der Waals surface area contributed by atoms with E-state index in [0.717, 1.165) is 0 Å². The summed E-state index contributed by atoms with van der Waals surface area (Å²) in [6, 6.07) is 0. The largest absolute Gasteiger partial charge is 0.385 e. The van der Waals surface area contributed by atoms with Crippen molar-refractivity contribution in [3.63, 3.8) is 0 Å². The third-order valence-electron chi connectivity index (χ3n) is 1.70. The number of hydrogen-bond acceptors (Lipinski definition) is 5. The average Bonchev–Trinajstić information content (AvgIpc) is 2.21. The molecule has 5 heteroatoms. The van der Waals surface area contributed by atoms with Gasteiger partial charge in [-0.05, 0) is 0 Å². The zero-order valence-corrected chi connectivity index (χ0v) is 8.64. The van der Waals surface area contributed by atoms with Crippen molar-refractivity contribution in [3.05, 3.63) is 0 Å². The molecule has 2 atom stereocenters. The Bertz CT molecular complexity index is 139. The highest BCUT2D eigenvalue weighted by molar-refractivity contribution is 5.55. The molecular formula is C9H18O5. The van der Waals surface area contributed by atoms with Gasteiger partial charge in [-0.15, -0.1) is 0 Å². The third-order valence-corrected chi connectivity index (χ3v) is 1.70. The van der Waals surface area contributed by atoms with Crippen LogP contribution in [0.3, 0.4) is 0 Å². The summed E-state index contributed by atoms with van der Waals surface area (Å²) in [5.74, 6) is -0.210. The normalized spacial score (nSPS) is 15.1. The molecule has 1 N–H and O–H groups in total. The first-order chi connectivity index (χ1) is 6.72. The van der Waals surface area contributed by atoms with E-state index in [1.807, 2.05) is 0 Å². The maximum Gasteiger partial charge on any atom is 0.148 e. The van der Waals surface area contributed by atoms with Gasteiger partial charge in [0.1, 0.15) is 19.2 Å². The molecular weight excluding hydrogens is 188 g/mol. The van der Waals surface area contributed by atoms with E-state index < -0.39 is 6.10 Å². The van der Waals surface area contributed by atoms with Crippen LogP contribution in [0.5, 0.6) is 0 Å². The number of rotatable bonds is 9. The van der Waals surface area contributed by atoms with E-state index >= 15 is 0 Å². The first-order valence-electron chi connectivity index (χ1n) is 4.50. The van der Waals surface area contributed by atoms with Gasteiger partial charge in [0.05, 0.1) is 19.8 Å². The molecule has 0 aromatic heterocycles. The molecule has 0 aromatic rings. The Kier molecular flexibility index (Phi) is 8.76. The fourth-order valence-electron chi connectivity index (χ4n) is 0.727. The van der Waals surface area contributed by atoms with Crippen molar-refractivity contribution in [1.82, 2.24) is 0 Å². The highest BCUT2D eigenvalue weighted by atomic mass is 16.7. The summed E-state index contributed by atoms with van der Waals surface area (Å²) in [5.41, 5.74) is 0. The van der Waals surface area contributed by atoms with Crippen LogP contribution in [-0.4, -0.2) is 51.2 Å². The molecule has 0 aromatic carbocycles. The van der Waals surface area contributed by atoms with Crippen molar-refractivity contribution in [3.8, 4) is 0 Å². The lowest BCUT2D eigenvalue weighted by Crippen LogP contribution is -2.24. The van der Waals surface area contributed by atoms with Crippen molar-refractivity contribution in [2.24, 2.45) is 5.92 Å². The maximum atomic E-state index is 10.2. The zero-order valence-electron chi connectivity index (χ0n) is 8.64. The topological polar surface area (TPSA) is 65.0 Å². The summed E-state index contributed by atoms with van der Waals surface area (Å²) in [6.45, 7) is 3.18. The highest BCUT2D eigenvalue weighted by Crippen LogP contribution is 2.00. The smallest absolute Gasteiger partial charge is 0.148 e. The lowest BCUT2D eigenvalue weighted by atomic mass is 10.1. The Morgan fingerprint density at radius 1 is 1.36 bits per heavy atom. The summed E-state index contributed by atoms with van der Waals surface area (Å²) < 4.78 is 14.8. The molecule has 0 radical (unpaired) electrons. The van der Waals surface area contributed by atoms with Crippen LogP contribution in [-0.2, 0) is 19.0 Å². The molecule has 0 saturated heterocycles. The first-order valence-corrected chi connectivity index (χ1v) is 4.50. The van der Waals surface area contributed by atoms with Crippen molar-refractivity contribution < 1.29 is 24.1 Å². The molecule has 0 bridgehead atoms. The molecule has 0 aliphatic rings. The predicted octanol–water partition coefficient (Wildman–Crippen LogP) is -0.181. The van der Waals surface area contributed by atoms with Crippen LogP contribution in [0.25, 0.3) is 0 Å². The Morgan fingerprint density at radius 3 is 2.64 bits per heavy atom. The van der Waals surface area contributed by atoms with Crippen LogP contribution in [0.2, 0.25) is 0 Å². The molecule has 0 heterocycles. The molecule has 0 saturated carbocycles. The predicted molar refractivity (Wildman–Crippen MR) is 49.9 cm³/mol. The Balaban J connectivity index is 3.22. The van der Waals surface area contributed by atoms with Gasteiger partial charge < -0.3 is 24.1 Å². The minimum atomic E-state index is -0.964. The number of methoxy groups -OCH3 is 1. The number of ether oxygens (including phenoxy) is 3. The van der Waals surface area contributed by atoms with Gasteiger partial charge in [-0.2, -0.15) is 0 Å². The van der Waals surface area contributed by atoms with E-state index in [4.69, 9.17) is 19.3 Å². The summed E-state index contributed by atoms with van der Waals surface area (Å²) >= 11 is 0. The molecule has 0 fully saturated rings. The molecule has 0 spiro atoms. The van der Waals surface area contributed by atoms with Crippen LogP contribution in [0, 0.1) is 5.92 Å². The maximum absolute atomic E-state index is 10.2. The van der Waals surface area contributed by atoms with Gasteiger partial charge in [0.25, 0.3) is 0 Å². The van der Waals surface area contributed by atoms with Crippen LogP contribution in [0.1, 0.15) is 6.92 Å². The molecule has 0 aliphatic carbocycles. The van der Waals surface area contributed by atoms with Gasteiger partial charge in [0, 0.05) is 13.0 Å². The van der Waals surface area contributed by atoms with Crippen LogP contribution >= 0.6 is 0 Å². The van der Waals surface area contributed by atoms with Gasteiger partial charge in [0.2, 0.25) is 0 Å². The lowest BCUT2D eigenvalue weighted by molar-refractivity contribution is -0.121. The lowest BCUT2D eigenvalue weighted by Gasteiger charge is -2.13. The first kappa shape index (κ1) is 13.5. The van der Waals surface area contributed by atoms with Gasteiger partial charge in [0.15, 0.2) is 0 Å². The van der Waals surface area contributed by atoms with Crippen molar-refractivity contribution >= 4 is 6.29 Å². The number of aliphatic hydroxyl groups excluding tert-OH is 1. The van der Waals surface area contributed by atoms with Crippen LogP contribution in [0.15, 0.2) is 0 Å². The number of carbonyl (C=O) groups excluding carboxylic acids is 1. The second-order valence-electron chi connectivity index (χ2n) is 2.99. The molecule has 14 heavy (non-hydrogen) atoms. The van der Waals surface area contributed by atoms with E-state index in [1.54, 1.807) is 14.0 Å². The van der Waals surface area contributed by atoms with E-state index in [1.165, 1.54) is 0 Å². The van der Waals surface area contributed by atoms with E-state index in [-0.39, 0.29) is 12.7 Å². The number of hydrogen-bond donors (Lipinski definition) is 1. The van der Waals surface area contributed by atoms with Crippen LogP contribution < -0.4 is 0 Å². The van der Waals surface area contributed by atoms with Gasteiger partial charge in [-0.1, -0.05) is 6.92 Å². The van der Waals surface area contributed by atoms with Crippen molar-refractivity contribution in [2.45, 2.75) is 13.0 Å². The monoisotopic (exact) mass is 206 g/mol. The summed E-state index contributed by atoms with van der Waals surface area (Å²) in [4.78, 5) is 10.2. The minimum Gasteiger partial charge on any atom is -0.385 e. The summed E-state index contributed by atoms with van der Waals surface area (Å²) in [6.07, 6.45) is -0.464. The third kappa shape index (κ3) is 6.97. The fraction of sp³-hybridized carbons (Fsp3) is 0.889. The molecule has 0 aliphatic heterocycles. The van der Waals surface area contributed by atoms with Crippen molar-refractivity contribution in [2.75, 3.05) is 33.7 Å². The van der Waals surface area contributed by atoms with Gasteiger partial charge in [-0.25, -0.2) is 0 Å². The molecule has 0 unspecified atom stereocenters. The average molecular weight is 206 g/mol. The number of aliphatic hydroxyl groups is 1. The fourth-order valence-corrected chi connectivity index (χ4v) is 0.727. The summed E-state index contributed by atoms with van der Waals surface area (Å²) in [7, 11) is 1.59. The van der Waals surface area contributed by atoms with E-state index in [0.29, 0.717) is 26.1 Å². The zero-order chi connectivity index (χ0) is 10.8. The standard InChI is InChI=1S/C9H18O5/c1-8(9(11)5-10)6-14-7-13-4-3-12-2/h5,8-9,11H,3-4,6-7H2,1-2H3/t8-,9+/m1/s1. The Morgan fingerprint density at radius 2 is 2.07 bits per heavy atom. The van der Waals surface area contributed by atoms with Crippen LogP contribution in [0.4, 0.5) is 0 Å². The quantitative estimate of drug-likeness (QED) is 0.322. The Labute approximate surface area is 84.0 Å². The second-order valence-corrected chi connectivity index (χ2v) is 2.99. The van der Waals surface area contributed by atoms with E-state index in [2.05, 4.69) is 0 Å². The van der Waals surface area contributed by atoms with E-state index in [9.17, 15) is 4.79 Å². The molecule has 0 rings (SSSR count). The van der Waals surface area contributed by atoms with Gasteiger partial charge >= 0.3 is 0 Å². The minimum absolute atomic E-state index is 0.152. The highest BCUT2D eigenvalue weighted by Gasteiger charge is 2.12. The Hall–Kier alpha value is -0.490. The van der Waals surface area contributed by atoms with Crippen molar-refractivity contribution in [1.29, 1.82) is 0 Å². The number of aldehydes is 1.